The number of esters is 1. The van der Waals surface area contributed by atoms with Gasteiger partial charge < -0.3 is 9.30 Å². The number of ether oxygens (including phenoxy) is 1. The molecule has 0 saturated heterocycles. The monoisotopic (exact) mass is 351 g/mol. The fourth-order valence-electron chi connectivity index (χ4n) is 1.95. The Morgan fingerprint density at radius 2 is 2.12 bits per heavy atom. The Hall–Kier alpha value is -2.70. The third-order valence-corrected chi connectivity index (χ3v) is 4.69. The third-order valence-electron chi connectivity index (χ3n) is 3.31. The number of carbonyl (C=O) groups excluding carboxylic acids is 1. The Morgan fingerprint density at radius 3 is 2.71 bits per heavy atom. The predicted molar refractivity (Wildman–Crippen MR) is 81.9 cm³/mol. The summed E-state index contributed by atoms with van der Waals surface area (Å²) in [6.07, 6.45) is 1.27. The van der Waals surface area contributed by atoms with Crippen molar-refractivity contribution in [2.45, 2.75) is 11.5 Å². The molecule has 2 aromatic rings. The van der Waals surface area contributed by atoms with Crippen LogP contribution in [0.25, 0.3) is 0 Å². The molecule has 126 valence electrons. The second-order valence-corrected chi connectivity index (χ2v) is 6.76. The van der Waals surface area contributed by atoms with Crippen molar-refractivity contribution in [1.82, 2.24) is 9.29 Å². The lowest BCUT2D eigenvalue weighted by atomic mass is 10.1. The molecule has 0 amide bonds. The maximum Gasteiger partial charge on any atom is 0.355 e. The normalized spacial score (nSPS) is 11.1. The minimum Gasteiger partial charge on any atom is -0.456 e. The molecule has 9 heteroatoms. The zero-order valence-corrected chi connectivity index (χ0v) is 13.7. The molecule has 0 unspecified atom stereocenters. The van der Waals surface area contributed by atoms with E-state index >= 15 is 0 Å². The first-order valence-corrected chi connectivity index (χ1v) is 8.22. The van der Waals surface area contributed by atoms with Crippen molar-refractivity contribution in [2.75, 3.05) is 7.05 Å². The zero-order valence-electron chi connectivity index (χ0n) is 12.9. The highest BCUT2D eigenvalue weighted by molar-refractivity contribution is 7.89. The summed E-state index contributed by atoms with van der Waals surface area (Å²) in [5.74, 6) is -1.45. The standard InChI is InChI=1S/C15H14FN3O4S/c1-18-24(21,22)12-6-14(19(2)8-12)15(20)23-9-11-4-3-10(7-17)5-13(11)16/h3-6,8,18H,9H2,1-2H3. The first kappa shape index (κ1) is 17.7. The van der Waals surface area contributed by atoms with Crippen LogP contribution in [0.3, 0.4) is 0 Å². The van der Waals surface area contributed by atoms with Gasteiger partial charge in [0, 0.05) is 18.8 Å². The summed E-state index contributed by atoms with van der Waals surface area (Å²) in [6, 6.07) is 6.78. The van der Waals surface area contributed by atoms with E-state index in [-0.39, 0.29) is 28.3 Å². The summed E-state index contributed by atoms with van der Waals surface area (Å²) < 4.78 is 45.6. The fraction of sp³-hybridized carbons (Fsp3) is 0.200. The van der Waals surface area contributed by atoms with Gasteiger partial charge in [-0.05, 0) is 25.2 Å². The summed E-state index contributed by atoms with van der Waals surface area (Å²) in [5.41, 5.74) is 0.282. The van der Waals surface area contributed by atoms with Gasteiger partial charge in [0.15, 0.2) is 0 Å². The number of nitrogens with zero attached hydrogens (tertiary/aromatic N) is 2. The zero-order chi connectivity index (χ0) is 17.9. The first-order chi connectivity index (χ1) is 11.3. The van der Waals surface area contributed by atoms with Crippen LogP contribution in [0.5, 0.6) is 0 Å². The van der Waals surface area contributed by atoms with Crippen LogP contribution in [0.1, 0.15) is 21.6 Å². The number of hydrogen-bond acceptors (Lipinski definition) is 5. The van der Waals surface area contributed by atoms with Crippen molar-refractivity contribution in [1.29, 1.82) is 5.26 Å². The van der Waals surface area contributed by atoms with Gasteiger partial charge in [-0.3, -0.25) is 0 Å². The molecule has 0 saturated carbocycles. The van der Waals surface area contributed by atoms with Gasteiger partial charge in [0.05, 0.1) is 11.6 Å². The number of sulfonamides is 1. The van der Waals surface area contributed by atoms with Crippen LogP contribution < -0.4 is 4.72 Å². The van der Waals surface area contributed by atoms with Crippen molar-refractivity contribution in [2.24, 2.45) is 7.05 Å². The fourth-order valence-corrected chi connectivity index (χ4v) is 2.75. The maximum atomic E-state index is 13.7. The summed E-state index contributed by atoms with van der Waals surface area (Å²) in [6.45, 7) is -0.338. The molecule has 0 atom stereocenters. The van der Waals surface area contributed by atoms with Crippen LogP contribution in [0.2, 0.25) is 0 Å². The summed E-state index contributed by atoms with van der Waals surface area (Å²) in [7, 11) is -0.933. The number of nitriles is 1. The maximum absolute atomic E-state index is 13.7. The molecule has 0 fully saturated rings. The van der Waals surface area contributed by atoms with Crippen LogP contribution in [-0.4, -0.2) is 26.0 Å². The second kappa shape index (κ2) is 6.82. The third kappa shape index (κ3) is 3.61. The Labute approximate surface area is 138 Å². The van der Waals surface area contributed by atoms with Crippen molar-refractivity contribution in [3.05, 3.63) is 53.1 Å². The molecular formula is C15H14FN3O4S. The number of benzene rings is 1. The highest BCUT2D eigenvalue weighted by atomic mass is 32.2. The highest BCUT2D eigenvalue weighted by Gasteiger charge is 2.20. The molecule has 1 heterocycles. The Balaban J connectivity index is 2.15. The van der Waals surface area contributed by atoms with Crippen molar-refractivity contribution < 1.29 is 22.3 Å². The molecule has 0 aliphatic carbocycles. The number of halogens is 1. The van der Waals surface area contributed by atoms with E-state index in [1.807, 2.05) is 0 Å². The number of carbonyl (C=O) groups is 1. The largest absolute Gasteiger partial charge is 0.456 e. The molecule has 0 bridgehead atoms. The van der Waals surface area contributed by atoms with Crippen LogP contribution >= 0.6 is 0 Å². The molecule has 0 radical (unpaired) electrons. The lowest BCUT2D eigenvalue weighted by Gasteiger charge is -2.06. The van der Waals surface area contributed by atoms with Gasteiger partial charge in [-0.2, -0.15) is 5.26 Å². The molecule has 1 aromatic heterocycles. The predicted octanol–water partition coefficient (Wildman–Crippen LogP) is 1.30. The molecule has 24 heavy (non-hydrogen) atoms. The molecular weight excluding hydrogens is 337 g/mol. The number of nitrogens with one attached hydrogen (secondary N) is 1. The lowest BCUT2D eigenvalue weighted by molar-refractivity contribution is 0.0457. The van der Waals surface area contributed by atoms with Crippen molar-refractivity contribution in [3.63, 3.8) is 0 Å². The lowest BCUT2D eigenvalue weighted by Crippen LogP contribution is -2.17. The molecule has 1 N–H and O–H groups in total. The number of aryl methyl sites for hydroxylation is 1. The topological polar surface area (TPSA) is 101 Å². The average molecular weight is 351 g/mol. The molecule has 1 aromatic carbocycles. The van der Waals surface area contributed by atoms with Gasteiger partial charge in [0.2, 0.25) is 10.0 Å². The SMILES string of the molecule is CNS(=O)(=O)c1cc(C(=O)OCc2ccc(C#N)cc2F)n(C)c1. The van der Waals surface area contributed by atoms with Crippen molar-refractivity contribution in [3.8, 4) is 6.07 Å². The van der Waals surface area contributed by atoms with E-state index in [4.69, 9.17) is 10.00 Å². The number of hydrogen-bond donors (Lipinski definition) is 1. The summed E-state index contributed by atoms with van der Waals surface area (Å²) in [4.78, 5) is 12.0. The van der Waals surface area contributed by atoms with E-state index in [0.717, 1.165) is 6.07 Å². The van der Waals surface area contributed by atoms with E-state index in [0.29, 0.717) is 0 Å². The molecule has 0 spiro atoms. The smallest absolute Gasteiger partial charge is 0.355 e. The van der Waals surface area contributed by atoms with Gasteiger partial charge >= 0.3 is 5.97 Å². The second-order valence-electron chi connectivity index (χ2n) is 4.87. The van der Waals surface area contributed by atoms with E-state index in [2.05, 4.69) is 4.72 Å². The number of rotatable bonds is 5. The quantitative estimate of drug-likeness (QED) is 0.818. The molecule has 0 aliphatic heterocycles. The van der Waals surface area contributed by atoms with Crippen LogP contribution in [-0.2, 0) is 28.4 Å². The van der Waals surface area contributed by atoms with Gasteiger partial charge in [-0.15, -0.1) is 0 Å². The Kier molecular flexibility index (Phi) is 5.02. The minimum absolute atomic E-state index is 0.0119. The van der Waals surface area contributed by atoms with Gasteiger partial charge in [-0.1, -0.05) is 6.07 Å². The van der Waals surface area contributed by atoms with Gasteiger partial charge in [-0.25, -0.2) is 22.3 Å². The number of aromatic nitrogens is 1. The van der Waals surface area contributed by atoms with Crippen LogP contribution in [0.15, 0.2) is 35.4 Å². The average Bonchev–Trinajstić information content (AvgIpc) is 2.96. The molecule has 0 aliphatic rings. The summed E-state index contributed by atoms with van der Waals surface area (Å²) >= 11 is 0. The van der Waals surface area contributed by atoms with Gasteiger partial charge in [0.25, 0.3) is 0 Å². The van der Waals surface area contributed by atoms with Crippen molar-refractivity contribution >= 4 is 16.0 Å². The van der Waals surface area contributed by atoms with E-state index < -0.39 is 21.8 Å². The van der Waals surface area contributed by atoms with Crippen LogP contribution in [0.4, 0.5) is 4.39 Å². The van der Waals surface area contributed by atoms with Crippen LogP contribution in [0, 0.1) is 17.1 Å². The van der Waals surface area contributed by atoms with Gasteiger partial charge in [0.1, 0.15) is 23.0 Å². The van der Waals surface area contributed by atoms with E-state index in [9.17, 15) is 17.6 Å². The highest BCUT2D eigenvalue weighted by Crippen LogP contribution is 2.16. The Bertz CT molecular complexity index is 929. The van der Waals surface area contributed by atoms with E-state index in [1.165, 1.54) is 43.1 Å². The molecule has 7 nitrogen and oxygen atoms in total. The summed E-state index contributed by atoms with van der Waals surface area (Å²) in [5, 5.41) is 8.68. The Morgan fingerprint density at radius 1 is 1.42 bits per heavy atom. The first-order valence-electron chi connectivity index (χ1n) is 6.74. The minimum atomic E-state index is -3.68. The molecule has 2 rings (SSSR count). The van der Waals surface area contributed by atoms with E-state index in [1.54, 1.807) is 6.07 Å².